The second kappa shape index (κ2) is 5.67. The molecule has 0 aliphatic carbocycles. The van der Waals surface area contributed by atoms with Crippen LogP contribution in [0, 0.1) is 0 Å². The van der Waals surface area contributed by atoms with Crippen LogP contribution in [0.15, 0.2) is 24.4 Å². The molecule has 5 nitrogen and oxygen atoms in total. The van der Waals surface area contributed by atoms with Crippen molar-refractivity contribution < 1.29 is 4.79 Å². The largest absolute Gasteiger partial charge is 0.349 e. The quantitative estimate of drug-likeness (QED) is 0.823. The average molecular weight is 262 g/mol. The molecule has 0 spiro atoms. The molecule has 1 aliphatic heterocycles. The van der Waals surface area contributed by atoms with E-state index in [1.54, 1.807) is 6.20 Å². The van der Waals surface area contributed by atoms with Crippen molar-refractivity contribution >= 4 is 5.91 Å². The minimum atomic E-state index is -0.198. The number of piperazine rings is 1. The molecular formula is C14H22N4O. The van der Waals surface area contributed by atoms with Crippen LogP contribution in [0.2, 0.25) is 0 Å². The molecule has 2 heterocycles. The molecule has 0 aromatic carbocycles. The Morgan fingerprint density at radius 3 is 2.95 bits per heavy atom. The molecule has 1 fully saturated rings. The van der Waals surface area contributed by atoms with Gasteiger partial charge in [-0.2, -0.15) is 0 Å². The third kappa shape index (κ3) is 3.52. The molecule has 0 radical (unpaired) electrons. The molecule has 104 valence electrons. The van der Waals surface area contributed by atoms with Gasteiger partial charge in [0, 0.05) is 31.4 Å². The summed E-state index contributed by atoms with van der Waals surface area (Å²) in [4.78, 5) is 18.7. The maximum atomic E-state index is 12.2. The third-order valence-corrected chi connectivity index (χ3v) is 3.29. The summed E-state index contributed by atoms with van der Waals surface area (Å²) >= 11 is 0. The second-order valence-corrected chi connectivity index (χ2v) is 5.67. The van der Waals surface area contributed by atoms with Crippen molar-refractivity contribution in [3.8, 4) is 0 Å². The zero-order valence-electron chi connectivity index (χ0n) is 11.8. The number of nitrogens with zero attached hydrogens (tertiary/aromatic N) is 2. The SMILES string of the molecule is CNCC1C(=O)NC(C)(C)CN1Cc1ccccn1. The number of carbonyl (C=O) groups excluding carboxylic acids is 1. The lowest BCUT2D eigenvalue weighted by Crippen LogP contribution is -2.66. The molecule has 0 saturated carbocycles. The molecule has 19 heavy (non-hydrogen) atoms. The van der Waals surface area contributed by atoms with Crippen molar-refractivity contribution in [2.45, 2.75) is 32.0 Å². The highest BCUT2D eigenvalue weighted by Gasteiger charge is 2.37. The molecule has 1 atom stereocenters. The van der Waals surface area contributed by atoms with Gasteiger partial charge in [-0.1, -0.05) is 6.07 Å². The smallest absolute Gasteiger partial charge is 0.239 e. The Morgan fingerprint density at radius 2 is 2.32 bits per heavy atom. The van der Waals surface area contributed by atoms with E-state index in [4.69, 9.17) is 0 Å². The van der Waals surface area contributed by atoms with Crippen LogP contribution < -0.4 is 10.6 Å². The van der Waals surface area contributed by atoms with E-state index in [1.807, 2.05) is 39.1 Å². The summed E-state index contributed by atoms with van der Waals surface area (Å²) in [6, 6.07) is 5.74. The fourth-order valence-corrected chi connectivity index (χ4v) is 2.52. The van der Waals surface area contributed by atoms with E-state index in [2.05, 4.69) is 20.5 Å². The van der Waals surface area contributed by atoms with Crippen LogP contribution in [-0.2, 0) is 11.3 Å². The predicted molar refractivity (Wildman–Crippen MR) is 74.6 cm³/mol. The summed E-state index contributed by atoms with van der Waals surface area (Å²) < 4.78 is 0. The molecule has 2 rings (SSSR count). The van der Waals surface area contributed by atoms with Gasteiger partial charge in [-0.05, 0) is 33.0 Å². The van der Waals surface area contributed by atoms with Crippen molar-refractivity contribution in [2.24, 2.45) is 0 Å². The standard InChI is InChI=1S/C14H22N4O/c1-14(2)10-18(9-11-6-4-5-7-16-11)12(8-15-3)13(19)17-14/h4-7,12,15H,8-10H2,1-3H3,(H,17,19). The Labute approximate surface area is 114 Å². The number of hydrogen-bond donors (Lipinski definition) is 2. The van der Waals surface area contributed by atoms with Crippen molar-refractivity contribution in [1.29, 1.82) is 0 Å². The molecule has 1 unspecified atom stereocenters. The number of pyridine rings is 1. The van der Waals surface area contributed by atoms with Crippen LogP contribution in [-0.4, -0.2) is 47.5 Å². The van der Waals surface area contributed by atoms with Gasteiger partial charge < -0.3 is 10.6 Å². The van der Waals surface area contributed by atoms with Gasteiger partial charge in [-0.3, -0.25) is 14.7 Å². The fraction of sp³-hybridized carbons (Fsp3) is 0.571. The minimum absolute atomic E-state index is 0.0848. The fourth-order valence-electron chi connectivity index (χ4n) is 2.52. The van der Waals surface area contributed by atoms with Crippen LogP contribution in [0.3, 0.4) is 0 Å². The molecule has 5 heteroatoms. The first-order chi connectivity index (χ1) is 9.02. The molecule has 0 bridgehead atoms. The van der Waals surface area contributed by atoms with Gasteiger partial charge in [0.15, 0.2) is 0 Å². The highest BCUT2D eigenvalue weighted by Crippen LogP contribution is 2.18. The highest BCUT2D eigenvalue weighted by molar-refractivity contribution is 5.83. The molecule has 2 N–H and O–H groups in total. The maximum Gasteiger partial charge on any atom is 0.239 e. The van der Waals surface area contributed by atoms with Crippen LogP contribution in [0.5, 0.6) is 0 Å². The molecular weight excluding hydrogens is 240 g/mol. The van der Waals surface area contributed by atoms with Crippen LogP contribution in [0.4, 0.5) is 0 Å². The number of likely N-dealkylation sites (N-methyl/N-ethyl adjacent to an activating group) is 1. The van der Waals surface area contributed by atoms with E-state index in [0.717, 1.165) is 12.2 Å². The van der Waals surface area contributed by atoms with Gasteiger partial charge >= 0.3 is 0 Å². The Bertz CT molecular complexity index is 432. The Hall–Kier alpha value is -1.46. The number of hydrogen-bond acceptors (Lipinski definition) is 4. The molecule has 1 amide bonds. The van der Waals surface area contributed by atoms with Crippen molar-refractivity contribution in [3.05, 3.63) is 30.1 Å². The van der Waals surface area contributed by atoms with Gasteiger partial charge in [0.25, 0.3) is 0 Å². The van der Waals surface area contributed by atoms with Crippen LogP contribution in [0.25, 0.3) is 0 Å². The average Bonchev–Trinajstić information content (AvgIpc) is 2.34. The van der Waals surface area contributed by atoms with Crippen molar-refractivity contribution in [1.82, 2.24) is 20.5 Å². The van der Waals surface area contributed by atoms with E-state index in [-0.39, 0.29) is 17.5 Å². The summed E-state index contributed by atoms with van der Waals surface area (Å²) in [5, 5.41) is 6.15. The lowest BCUT2D eigenvalue weighted by Gasteiger charge is -2.43. The van der Waals surface area contributed by atoms with E-state index < -0.39 is 0 Å². The summed E-state index contributed by atoms with van der Waals surface area (Å²) in [6.07, 6.45) is 1.79. The lowest BCUT2D eigenvalue weighted by molar-refractivity contribution is -0.133. The molecule has 1 aliphatic rings. The first-order valence-corrected chi connectivity index (χ1v) is 6.62. The molecule has 1 aromatic heterocycles. The topological polar surface area (TPSA) is 57.3 Å². The van der Waals surface area contributed by atoms with Crippen LogP contribution >= 0.6 is 0 Å². The third-order valence-electron chi connectivity index (χ3n) is 3.29. The van der Waals surface area contributed by atoms with Crippen LogP contribution in [0.1, 0.15) is 19.5 Å². The first-order valence-electron chi connectivity index (χ1n) is 6.62. The highest BCUT2D eigenvalue weighted by atomic mass is 16.2. The van der Waals surface area contributed by atoms with Gasteiger partial charge in [0.05, 0.1) is 5.69 Å². The minimum Gasteiger partial charge on any atom is -0.349 e. The number of nitrogens with one attached hydrogen (secondary N) is 2. The molecule has 1 saturated heterocycles. The van der Waals surface area contributed by atoms with Gasteiger partial charge in [0.2, 0.25) is 5.91 Å². The normalized spacial score (nSPS) is 23.1. The van der Waals surface area contributed by atoms with E-state index >= 15 is 0 Å². The Kier molecular flexibility index (Phi) is 4.17. The second-order valence-electron chi connectivity index (χ2n) is 5.67. The summed E-state index contributed by atoms with van der Waals surface area (Å²) in [5.74, 6) is 0.0848. The number of carbonyl (C=O) groups is 1. The molecule has 1 aromatic rings. The van der Waals surface area contributed by atoms with Gasteiger partial charge in [0.1, 0.15) is 6.04 Å². The van der Waals surface area contributed by atoms with Gasteiger partial charge in [-0.25, -0.2) is 0 Å². The number of amides is 1. The van der Waals surface area contributed by atoms with E-state index in [0.29, 0.717) is 13.1 Å². The number of rotatable bonds is 4. The lowest BCUT2D eigenvalue weighted by atomic mass is 9.97. The van der Waals surface area contributed by atoms with E-state index in [1.165, 1.54) is 0 Å². The summed E-state index contributed by atoms with van der Waals surface area (Å²) in [7, 11) is 1.87. The monoisotopic (exact) mass is 262 g/mol. The Balaban J connectivity index is 2.15. The summed E-state index contributed by atoms with van der Waals surface area (Å²) in [6.45, 7) is 6.26. The zero-order valence-corrected chi connectivity index (χ0v) is 11.8. The van der Waals surface area contributed by atoms with Crippen molar-refractivity contribution in [3.63, 3.8) is 0 Å². The number of aromatic nitrogens is 1. The zero-order chi connectivity index (χ0) is 13.9. The van der Waals surface area contributed by atoms with Crippen molar-refractivity contribution in [2.75, 3.05) is 20.1 Å². The van der Waals surface area contributed by atoms with Gasteiger partial charge in [-0.15, -0.1) is 0 Å². The Morgan fingerprint density at radius 1 is 1.53 bits per heavy atom. The summed E-state index contributed by atoms with van der Waals surface area (Å²) in [5.41, 5.74) is 0.796. The predicted octanol–water partition coefficient (Wildman–Crippen LogP) is 0.380. The first kappa shape index (κ1) is 14.0. The van der Waals surface area contributed by atoms with E-state index in [9.17, 15) is 4.79 Å². The maximum absolute atomic E-state index is 12.2.